The lowest BCUT2D eigenvalue weighted by Gasteiger charge is -2.10. The van der Waals surface area contributed by atoms with Crippen molar-refractivity contribution in [3.63, 3.8) is 0 Å². The minimum absolute atomic E-state index is 0.0215. The van der Waals surface area contributed by atoms with Crippen molar-refractivity contribution in [1.82, 2.24) is 20.2 Å². The first-order valence-electron chi connectivity index (χ1n) is 10.2. The molecule has 0 saturated heterocycles. The number of thioether (sulfide) groups is 1. The van der Waals surface area contributed by atoms with Crippen molar-refractivity contribution in [1.29, 1.82) is 0 Å². The van der Waals surface area contributed by atoms with Crippen molar-refractivity contribution in [3.05, 3.63) is 97.5 Å². The average molecular weight is 562 g/mol. The summed E-state index contributed by atoms with van der Waals surface area (Å²) in [6.07, 6.45) is 1.24. The van der Waals surface area contributed by atoms with Gasteiger partial charge in [-0.05, 0) is 54.6 Å². The number of aromatic nitrogens is 3. The van der Waals surface area contributed by atoms with Gasteiger partial charge in [-0.15, -0.1) is 10.2 Å². The third-order valence-corrected chi connectivity index (χ3v) is 6.51. The number of halogens is 3. The van der Waals surface area contributed by atoms with Crippen LogP contribution < -0.4 is 5.43 Å². The summed E-state index contributed by atoms with van der Waals surface area (Å²) in [5.74, 6) is 0.124. The molecule has 0 aliphatic rings. The molecule has 182 valence electrons. The second-order valence-electron chi connectivity index (χ2n) is 7.17. The standard InChI is InChI=1S/C23H15Cl3N6O3S/c24-16-3-1-14(2-4-16)22-29-30-23(31(22)18-7-5-17(25)6-8-18)36-13-21(33)28-27-12-15-11-19(32(34)35)9-10-20(15)26/h1-12H,13H2,(H,28,33). The normalized spacial score (nSPS) is 11.1. The molecule has 1 amide bonds. The molecule has 4 aromatic rings. The van der Waals surface area contributed by atoms with E-state index in [9.17, 15) is 14.9 Å². The largest absolute Gasteiger partial charge is 0.272 e. The molecule has 3 aromatic carbocycles. The molecule has 1 heterocycles. The second kappa shape index (κ2) is 11.5. The Morgan fingerprint density at radius 3 is 2.36 bits per heavy atom. The van der Waals surface area contributed by atoms with Crippen LogP contribution in [0.15, 0.2) is 77.0 Å². The van der Waals surface area contributed by atoms with Gasteiger partial charge in [0.15, 0.2) is 11.0 Å². The molecule has 0 radical (unpaired) electrons. The molecule has 4 rings (SSSR count). The summed E-state index contributed by atoms with van der Waals surface area (Å²) in [6.45, 7) is 0. The van der Waals surface area contributed by atoms with Crippen LogP contribution >= 0.6 is 46.6 Å². The number of hydrogen-bond donors (Lipinski definition) is 1. The summed E-state index contributed by atoms with van der Waals surface area (Å²) in [7, 11) is 0. The number of non-ortho nitro benzene ring substituents is 1. The minimum Gasteiger partial charge on any atom is -0.272 e. The van der Waals surface area contributed by atoms with Gasteiger partial charge in [-0.1, -0.05) is 46.6 Å². The van der Waals surface area contributed by atoms with Crippen LogP contribution in [0, 0.1) is 10.1 Å². The number of nitrogens with zero attached hydrogens (tertiary/aromatic N) is 5. The average Bonchev–Trinajstić information content (AvgIpc) is 3.28. The Bertz CT molecular complexity index is 1440. The first-order chi connectivity index (χ1) is 17.3. The van der Waals surface area contributed by atoms with Crippen LogP contribution in [0.5, 0.6) is 0 Å². The van der Waals surface area contributed by atoms with Crippen LogP contribution in [0.1, 0.15) is 5.56 Å². The summed E-state index contributed by atoms with van der Waals surface area (Å²) >= 11 is 19.3. The van der Waals surface area contributed by atoms with Gasteiger partial charge in [0.05, 0.1) is 16.9 Å². The molecule has 36 heavy (non-hydrogen) atoms. The number of nitro groups is 1. The predicted molar refractivity (Wildman–Crippen MR) is 141 cm³/mol. The number of carbonyl (C=O) groups excluding carboxylic acids is 1. The highest BCUT2D eigenvalue weighted by Gasteiger charge is 2.17. The molecule has 0 atom stereocenters. The Morgan fingerprint density at radius 2 is 1.69 bits per heavy atom. The predicted octanol–water partition coefficient (Wildman–Crippen LogP) is 6.05. The van der Waals surface area contributed by atoms with Gasteiger partial charge in [-0.3, -0.25) is 19.5 Å². The number of carbonyl (C=O) groups is 1. The first-order valence-corrected chi connectivity index (χ1v) is 12.3. The third kappa shape index (κ3) is 6.21. The van der Waals surface area contributed by atoms with E-state index in [0.29, 0.717) is 26.6 Å². The van der Waals surface area contributed by atoms with Crippen molar-refractivity contribution in [2.75, 3.05) is 5.75 Å². The van der Waals surface area contributed by atoms with Gasteiger partial charge in [0.2, 0.25) is 0 Å². The van der Waals surface area contributed by atoms with Crippen molar-refractivity contribution in [2.45, 2.75) is 5.16 Å². The van der Waals surface area contributed by atoms with Gasteiger partial charge < -0.3 is 0 Å². The Labute approximate surface area is 224 Å². The molecule has 0 bridgehead atoms. The fourth-order valence-corrected chi connectivity index (χ4v) is 4.21. The van der Waals surface area contributed by atoms with Gasteiger partial charge >= 0.3 is 0 Å². The van der Waals surface area contributed by atoms with Crippen molar-refractivity contribution < 1.29 is 9.72 Å². The molecule has 0 spiro atoms. The molecule has 1 N–H and O–H groups in total. The lowest BCUT2D eigenvalue weighted by Crippen LogP contribution is -2.20. The maximum atomic E-state index is 12.4. The molecule has 0 aliphatic heterocycles. The lowest BCUT2D eigenvalue weighted by molar-refractivity contribution is -0.384. The molecular formula is C23H15Cl3N6O3S. The summed E-state index contributed by atoms with van der Waals surface area (Å²) in [5, 5.41) is 25.3. The maximum Gasteiger partial charge on any atom is 0.270 e. The number of nitro benzene ring substituents is 1. The number of benzene rings is 3. The molecule has 0 fully saturated rings. The van der Waals surface area contributed by atoms with E-state index in [0.717, 1.165) is 23.0 Å². The number of amides is 1. The number of rotatable bonds is 8. The van der Waals surface area contributed by atoms with Crippen molar-refractivity contribution in [2.24, 2.45) is 5.10 Å². The van der Waals surface area contributed by atoms with E-state index in [1.54, 1.807) is 24.3 Å². The highest BCUT2D eigenvalue weighted by atomic mass is 35.5. The summed E-state index contributed by atoms with van der Waals surface area (Å²) in [5.41, 5.74) is 4.09. The third-order valence-electron chi connectivity index (χ3n) is 4.74. The second-order valence-corrected chi connectivity index (χ2v) is 9.39. The van der Waals surface area contributed by atoms with E-state index in [-0.39, 0.29) is 16.5 Å². The topological polar surface area (TPSA) is 115 Å². The zero-order valence-corrected chi connectivity index (χ0v) is 21.2. The minimum atomic E-state index is -0.544. The van der Waals surface area contributed by atoms with E-state index >= 15 is 0 Å². The number of hydrogen-bond acceptors (Lipinski definition) is 7. The Hall–Kier alpha value is -3.44. The van der Waals surface area contributed by atoms with E-state index in [1.165, 1.54) is 24.4 Å². The molecule has 0 aliphatic carbocycles. The van der Waals surface area contributed by atoms with Gasteiger partial charge in [-0.2, -0.15) is 5.10 Å². The summed E-state index contributed by atoms with van der Waals surface area (Å²) in [4.78, 5) is 22.8. The van der Waals surface area contributed by atoms with Crippen LogP contribution in [0.25, 0.3) is 17.1 Å². The van der Waals surface area contributed by atoms with Crippen LogP contribution in [-0.2, 0) is 4.79 Å². The van der Waals surface area contributed by atoms with Gasteiger partial charge in [0.1, 0.15) is 0 Å². The SMILES string of the molecule is O=C(CSc1nnc(-c2ccc(Cl)cc2)n1-c1ccc(Cl)cc1)NN=Cc1cc([N+](=O)[O-])ccc1Cl. The Balaban J connectivity index is 1.50. The fourth-order valence-electron chi connectivity index (χ4n) is 3.05. The van der Waals surface area contributed by atoms with Crippen LogP contribution in [0.3, 0.4) is 0 Å². The van der Waals surface area contributed by atoms with Crippen molar-refractivity contribution >= 4 is 64.4 Å². The quantitative estimate of drug-likeness (QED) is 0.121. The van der Waals surface area contributed by atoms with E-state index in [1.807, 2.05) is 28.8 Å². The Kier molecular flexibility index (Phi) is 8.21. The number of hydrazone groups is 1. The van der Waals surface area contributed by atoms with Crippen LogP contribution in [0.2, 0.25) is 15.1 Å². The summed E-state index contributed by atoms with van der Waals surface area (Å²) < 4.78 is 1.81. The van der Waals surface area contributed by atoms with E-state index < -0.39 is 10.8 Å². The monoisotopic (exact) mass is 560 g/mol. The van der Waals surface area contributed by atoms with E-state index in [4.69, 9.17) is 34.8 Å². The zero-order chi connectivity index (χ0) is 25.7. The van der Waals surface area contributed by atoms with Gasteiger partial charge in [0, 0.05) is 44.0 Å². The van der Waals surface area contributed by atoms with Gasteiger partial charge in [0.25, 0.3) is 11.6 Å². The molecule has 0 unspecified atom stereocenters. The maximum absolute atomic E-state index is 12.4. The molecule has 0 saturated carbocycles. The fraction of sp³-hybridized carbons (Fsp3) is 0.0435. The number of nitrogens with one attached hydrogen (secondary N) is 1. The summed E-state index contributed by atoms with van der Waals surface area (Å²) in [6, 6.07) is 18.2. The zero-order valence-electron chi connectivity index (χ0n) is 18.1. The molecule has 1 aromatic heterocycles. The molecular weight excluding hydrogens is 547 g/mol. The Morgan fingerprint density at radius 1 is 1.03 bits per heavy atom. The van der Waals surface area contributed by atoms with E-state index in [2.05, 4.69) is 20.7 Å². The highest BCUT2D eigenvalue weighted by molar-refractivity contribution is 7.99. The first kappa shape index (κ1) is 25.6. The molecule has 13 heteroatoms. The van der Waals surface area contributed by atoms with Crippen molar-refractivity contribution in [3.8, 4) is 17.1 Å². The van der Waals surface area contributed by atoms with Gasteiger partial charge in [-0.25, -0.2) is 5.43 Å². The highest BCUT2D eigenvalue weighted by Crippen LogP contribution is 2.29. The molecule has 9 nitrogen and oxygen atoms in total. The van der Waals surface area contributed by atoms with Crippen LogP contribution in [0.4, 0.5) is 5.69 Å². The smallest absolute Gasteiger partial charge is 0.270 e. The van der Waals surface area contributed by atoms with Crippen LogP contribution in [-0.4, -0.2) is 37.6 Å². The lowest BCUT2D eigenvalue weighted by atomic mass is 10.2.